The number of aliphatic hydroxyl groups is 1. The van der Waals surface area contributed by atoms with Gasteiger partial charge >= 0.3 is 0 Å². The molecule has 0 radical (unpaired) electrons. The van der Waals surface area contributed by atoms with Crippen LogP contribution in [0.1, 0.15) is 17.2 Å². The van der Waals surface area contributed by atoms with E-state index in [0.717, 1.165) is 16.9 Å². The van der Waals surface area contributed by atoms with Gasteiger partial charge in [0.2, 0.25) is 6.79 Å². The maximum absolute atomic E-state index is 8.96. The van der Waals surface area contributed by atoms with Gasteiger partial charge in [0.1, 0.15) is 0 Å². The molecular weight excluding hydrogens is 182 g/mol. The van der Waals surface area contributed by atoms with Crippen LogP contribution in [0.5, 0.6) is 11.5 Å². The minimum atomic E-state index is -0.357. The Morgan fingerprint density at radius 3 is 2.71 bits per heavy atom. The molecule has 1 atom stereocenters. The maximum Gasteiger partial charge on any atom is 0.231 e. The Morgan fingerprint density at radius 1 is 1.43 bits per heavy atom. The second kappa shape index (κ2) is 3.48. The molecule has 0 amide bonds. The molecule has 76 valence electrons. The molecule has 0 aliphatic carbocycles. The standard InChI is InChI=1S/C10H13NO3/c1-6-2-9-10(14-5-13-9)3-7(6)8(11)4-12/h2-3,8,12H,4-5,11H2,1H3. The molecule has 0 saturated carbocycles. The largest absolute Gasteiger partial charge is 0.454 e. The van der Waals surface area contributed by atoms with E-state index in [1.807, 2.05) is 19.1 Å². The van der Waals surface area contributed by atoms with Crippen molar-refractivity contribution in [2.45, 2.75) is 13.0 Å². The van der Waals surface area contributed by atoms with E-state index in [0.29, 0.717) is 5.75 Å². The topological polar surface area (TPSA) is 64.7 Å². The Bertz CT molecular complexity index is 351. The summed E-state index contributed by atoms with van der Waals surface area (Å²) in [7, 11) is 0. The molecule has 1 aliphatic rings. The van der Waals surface area contributed by atoms with Crippen LogP contribution in [0, 0.1) is 6.92 Å². The Balaban J connectivity index is 2.42. The minimum Gasteiger partial charge on any atom is -0.454 e. The molecule has 1 aromatic rings. The molecule has 1 aromatic carbocycles. The summed E-state index contributed by atoms with van der Waals surface area (Å²) in [4.78, 5) is 0. The fourth-order valence-corrected chi connectivity index (χ4v) is 1.56. The summed E-state index contributed by atoms with van der Waals surface area (Å²) >= 11 is 0. The molecule has 0 spiro atoms. The fraction of sp³-hybridized carbons (Fsp3) is 0.400. The summed E-state index contributed by atoms with van der Waals surface area (Å²) < 4.78 is 10.5. The quantitative estimate of drug-likeness (QED) is 0.729. The molecule has 4 heteroatoms. The van der Waals surface area contributed by atoms with Crippen molar-refractivity contribution < 1.29 is 14.6 Å². The zero-order valence-corrected chi connectivity index (χ0v) is 7.99. The summed E-state index contributed by atoms with van der Waals surface area (Å²) in [6, 6.07) is 3.36. The highest BCUT2D eigenvalue weighted by Gasteiger charge is 2.17. The fourth-order valence-electron chi connectivity index (χ4n) is 1.56. The predicted molar refractivity (Wildman–Crippen MR) is 51.3 cm³/mol. The zero-order chi connectivity index (χ0) is 10.1. The second-order valence-corrected chi connectivity index (χ2v) is 3.35. The number of nitrogens with two attached hydrogens (primary N) is 1. The molecule has 1 heterocycles. The molecule has 1 unspecified atom stereocenters. The van der Waals surface area contributed by atoms with E-state index in [1.165, 1.54) is 0 Å². The van der Waals surface area contributed by atoms with Crippen LogP contribution in [-0.2, 0) is 0 Å². The van der Waals surface area contributed by atoms with Gasteiger partial charge in [-0.2, -0.15) is 0 Å². The lowest BCUT2D eigenvalue weighted by molar-refractivity contribution is 0.174. The van der Waals surface area contributed by atoms with Crippen LogP contribution in [0.15, 0.2) is 12.1 Å². The van der Waals surface area contributed by atoms with Crippen LogP contribution >= 0.6 is 0 Å². The van der Waals surface area contributed by atoms with Gasteiger partial charge in [-0.3, -0.25) is 0 Å². The van der Waals surface area contributed by atoms with Crippen molar-refractivity contribution in [3.63, 3.8) is 0 Å². The van der Waals surface area contributed by atoms with E-state index >= 15 is 0 Å². The lowest BCUT2D eigenvalue weighted by Crippen LogP contribution is -2.15. The molecule has 0 fully saturated rings. The van der Waals surface area contributed by atoms with Gasteiger partial charge in [-0.25, -0.2) is 0 Å². The van der Waals surface area contributed by atoms with Gasteiger partial charge in [-0.1, -0.05) is 0 Å². The highest BCUT2D eigenvalue weighted by molar-refractivity contribution is 5.49. The van der Waals surface area contributed by atoms with Crippen molar-refractivity contribution in [2.24, 2.45) is 5.73 Å². The van der Waals surface area contributed by atoms with E-state index in [1.54, 1.807) is 0 Å². The van der Waals surface area contributed by atoms with Crippen molar-refractivity contribution in [1.82, 2.24) is 0 Å². The van der Waals surface area contributed by atoms with Crippen LogP contribution in [0.25, 0.3) is 0 Å². The number of benzene rings is 1. The third-order valence-corrected chi connectivity index (χ3v) is 2.36. The molecular formula is C10H13NO3. The van der Waals surface area contributed by atoms with Crippen molar-refractivity contribution >= 4 is 0 Å². The molecule has 3 N–H and O–H groups in total. The molecule has 4 nitrogen and oxygen atoms in total. The Morgan fingerprint density at radius 2 is 2.07 bits per heavy atom. The molecule has 0 bridgehead atoms. The Kier molecular flexibility index (Phi) is 2.31. The first-order valence-electron chi connectivity index (χ1n) is 4.49. The predicted octanol–water partition coefficient (Wildman–Crippen LogP) is 0.716. The summed E-state index contributed by atoms with van der Waals surface area (Å²) in [5.74, 6) is 1.45. The number of hydrogen-bond donors (Lipinski definition) is 2. The first-order chi connectivity index (χ1) is 6.72. The third-order valence-electron chi connectivity index (χ3n) is 2.36. The summed E-state index contributed by atoms with van der Waals surface area (Å²) in [6.45, 7) is 2.12. The van der Waals surface area contributed by atoms with Gasteiger partial charge in [-0.15, -0.1) is 0 Å². The van der Waals surface area contributed by atoms with Gasteiger partial charge in [-0.05, 0) is 30.2 Å². The first kappa shape index (κ1) is 9.30. The van der Waals surface area contributed by atoms with Crippen molar-refractivity contribution in [3.05, 3.63) is 23.3 Å². The van der Waals surface area contributed by atoms with E-state index in [2.05, 4.69) is 0 Å². The average molecular weight is 195 g/mol. The van der Waals surface area contributed by atoms with Gasteiger partial charge in [0, 0.05) is 0 Å². The highest BCUT2D eigenvalue weighted by Crippen LogP contribution is 2.35. The molecule has 0 saturated heterocycles. The number of fused-ring (bicyclic) bond motifs is 1. The van der Waals surface area contributed by atoms with Crippen LogP contribution in [-0.4, -0.2) is 18.5 Å². The van der Waals surface area contributed by atoms with Gasteiger partial charge in [0.15, 0.2) is 11.5 Å². The number of hydrogen-bond acceptors (Lipinski definition) is 4. The van der Waals surface area contributed by atoms with Crippen molar-refractivity contribution in [1.29, 1.82) is 0 Å². The first-order valence-corrected chi connectivity index (χ1v) is 4.49. The van der Waals surface area contributed by atoms with Crippen LogP contribution < -0.4 is 15.2 Å². The monoisotopic (exact) mass is 195 g/mol. The van der Waals surface area contributed by atoms with Crippen LogP contribution in [0.2, 0.25) is 0 Å². The maximum atomic E-state index is 8.96. The Hall–Kier alpha value is -1.26. The van der Waals surface area contributed by atoms with Gasteiger partial charge in [0.05, 0.1) is 12.6 Å². The van der Waals surface area contributed by atoms with E-state index in [-0.39, 0.29) is 19.4 Å². The van der Waals surface area contributed by atoms with Gasteiger partial charge < -0.3 is 20.3 Å². The normalized spacial score (nSPS) is 15.6. The molecule has 2 rings (SSSR count). The van der Waals surface area contributed by atoms with Crippen LogP contribution in [0.4, 0.5) is 0 Å². The summed E-state index contributed by atoms with van der Waals surface area (Å²) in [6.07, 6.45) is 0. The zero-order valence-electron chi connectivity index (χ0n) is 7.99. The number of aliphatic hydroxyl groups excluding tert-OH is 1. The molecule has 1 aliphatic heterocycles. The minimum absolute atomic E-state index is 0.0690. The highest BCUT2D eigenvalue weighted by atomic mass is 16.7. The van der Waals surface area contributed by atoms with E-state index in [4.69, 9.17) is 20.3 Å². The van der Waals surface area contributed by atoms with E-state index in [9.17, 15) is 0 Å². The van der Waals surface area contributed by atoms with Crippen molar-refractivity contribution in [2.75, 3.05) is 13.4 Å². The smallest absolute Gasteiger partial charge is 0.231 e. The summed E-state index contributed by atoms with van der Waals surface area (Å²) in [5.41, 5.74) is 7.65. The number of aryl methyl sites for hydroxylation is 1. The number of rotatable bonds is 2. The van der Waals surface area contributed by atoms with Crippen LogP contribution in [0.3, 0.4) is 0 Å². The summed E-state index contributed by atoms with van der Waals surface area (Å²) in [5, 5.41) is 8.96. The third kappa shape index (κ3) is 1.42. The number of ether oxygens (including phenoxy) is 2. The lowest BCUT2D eigenvalue weighted by atomic mass is 10.0. The Labute approximate surface area is 82.2 Å². The van der Waals surface area contributed by atoms with E-state index < -0.39 is 0 Å². The average Bonchev–Trinajstić information content (AvgIpc) is 2.62. The molecule has 0 aromatic heterocycles. The second-order valence-electron chi connectivity index (χ2n) is 3.35. The lowest BCUT2D eigenvalue weighted by Gasteiger charge is -2.12. The molecule has 14 heavy (non-hydrogen) atoms. The van der Waals surface area contributed by atoms with Crippen molar-refractivity contribution in [3.8, 4) is 11.5 Å². The van der Waals surface area contributed by atoms with Gasteiger partial charge in [0.25, 0.3) is 0 Å². The SMILES string of the molecule is Cc1cc2c(cc1C(N)CO)OCO2.